The minimum Gasteiger partial charge on any atom is -0.456 e. The van der Waals surface area contributed by atoms with Gasteiger partial charge in [0.25, 0.3) is 0 Å². The van der Waals surface area contributed by atoms with E-state index in [-0.39, 0.29) is 21.7 Å². The van der Waals surface area contributed by atoms with Crippen LogP contribution in [0.5, 0.6) is 0 Å². The molecule has 102 heavy (non-hydrogen) atoms. The van der Waals surface area contributed by atoms with Gasteiger partial charge in [0.1, 0.15) is 22.3 Å². The van der Waals surface area contributed by atoms with Gasteiger partial charge in [0.2, 0.25) is 0 Å². The molecule has 2 aliphatic rings. The molecule has 0 atom stereocenters. The van der Waals surface area contributed by atoms with E-state index in [1.807, 2.05) is 0 Å². The zero-order valence-corrected chi connectivity index (χ0v) is 59.2. The molecule has 4 heterocycles. The van der Waals surface area contributed by atoms with Crippen LogP contribution in [0.25, 0.3) is 132 Å². The van der Waals surface area contributed by atoms with Gasteiger partial charge < -0.3 is 27.8 Å². The topological polar surface area (TPSA) is 42.6 Å². The molecule has 18 aromatic rings. The first-order valence-electron chi connectivity index (χ1n) is 36.0. The molecule has 0 unspecified atom stereocenters. The number of fused-ring (bicyclic) bond motifs is 21. The van der Waals surface area contributed by atoms with Crippen molar-refractivity contribution >= 4 is 132 Å². The number of nitrogens with zero attached hydrogens (tertiary/aromatic N) is 4. The third-order valence-electron chi connectivity index (χ3n) is 23.0. The molecule has 492 valence electrons. The van der Waals surface area contributed by atoms with Crippen molar-refractivity contribution in [1.82, 2.24) is 9.13 Å². The van der Waals surface area contributed by atoms with Crippen LogP contribution in [0.1, 0.15) is 103 Å². The first kappa shape index (κ1) is 60.1. The van der Waals surface area contributed by atoms with Crippen LogP contribution >= 0.6 is 0 Å². The Morgan fingerprint density at radius 1 is 0.265 bits per heavy atom. The largest absolute Gasteiger partial charge is 0.456 e. The molecule has 14 aromatic carbocycles. The minimum absolute atomic E-state index is 0.0238. The summed E-state index contributed by atoms with van der Waals surface area (Å²) in [5.41, 5.74) is 29.2. The van der Waals surface area contributed by atoms with Crippen molar-refractivity contribution in [2.45, 2.75) is 90.9 Å². The van der Waals surface area contributed by atoms with E-state index < -0.39 is 0 Å². The molecule has 20 rings (SSSR count). The molecule has 0 saturated heterocycles. The number of hydrogen-bond donors (Lipinski definition) is 0. The molecule has 6 heteroatoms. The second-order valence-electron chi connectivity index (χ2n) is 31.7. The average molecular weight is 1320 g/mol. The number of aromatic nitrogens is 2. The van der Waals surface area contributed by atoms with Crippen LogP contribution in [0.3, 0.4) is 0 Å². The fourth-order valence-corrected chi connectivity index (χ4v) is 17.7. The Labute approximate surface area is 593 Å². The van der Waals surface area contributed by atoms with Crippen LogP contribution < -0.4 is 9.80 Å². The Hall–Kier alpha value is -11.9. The van der Waals surface area contributed by atoms with Crippen molar-refractivity contribution < 1.29 is 8.83 Å². The van der Waals surface area contributed by atoms with Crippen LogP contribution in [0.2, 0.25) is 0 Å². The molecule has 2 aliphatic carbocycles. The van der Waals surface area contributed by atoms with Gasteiger partial charge in [-0.05, 0) is 199 Å². The molecule has 0 spiro atoms. The summed E-state index contributed by atoms with van der Waals surface area (Å²) in [5.74, 6) is 0. The number of benzene rings is 14. The maximum absolute atomic E-state index is 6.69. The highest BCUT2D eigenvalue weighted by Gasteiger charge is 2.38. The van der Waals surface area contributed by atoms with Gasteiger partial charge in [-0.3, -0.25) is 0 Å². The van der Waals surface area contributed by atoms with Gasteiger partial charge in [0, 0.05) is 112 Å². The molecule has 0 saturated carbocycles. The van der Waals surface area contributed by atoms with Crippen molar-refractivity contribution in [3.8, 4) is 33.6 Å². The SMILES string of the molecule is CC(C)(C)c1ccc(-n2c3cc(N(c4ccc5c(c4)C(C)(C)c4ccccc4-5)c4ccc5c(c4)oc4ccccc45)ccc3c3c4ccc5c(c4ccc32)c2ccc(N(c3ccc4c(c3)C(C)(C)c3ccccc3-4)c3ccc4c(c3)oc3ccccc34)cc2n5-c2ccc(C(C)(C)C)cc2)cc1. The molecule has 0 N–H and O–H groups in total. The van der Waals surface area contributed by atoms with E-state index in [1.54, 1.807) is 0 Å². The Bertz CT molecular complexity index is 6190. The normalized spacial score (nSPS) is 13.9. The van der Waals surface area contributed by atoms with Gasteiger partial charge in [-0.1, -0.05) is 215 Å². The highest BCUT2D eigenvalue weighted by atomic mass is 16.3. The number of anilines is 6. The van der Waals surface area contributed by atoms with E-state index in [1.165, 1.54) is 88.0 Å². The summed E-state index contributed by atoms with van der Waals surface area (Å²) in [5, 5.41) is 11.6. The lowest BCUT2D eigenvalue weighted by molar-refractivity contribution is 0.590. The molecule has 0 fully saturated rings. The van der Waals surface area contributed by atoms with Crippen LogP contribution in [0, 0.1) is 0 Å². The zero-order chi connectivity index (χ0) is 69.0. The van der Waals surface area contributed by atoms with E-state index in [9.17, 15) is 0 Å². The number of rotatable bonds is 8. The summed E-state index contributed by atoms with van der Waals surface area (Å²) >= 11 is 0. The van der Waals surface area contributed by atoms with Crippen molar-refractivity contribution in [2.75, 3.05) is 9.80 Å². The lowest BCUT2D eigenvalue weighted by Gasteiger charge is -2.28. The Balaban J connectivity index is 0.821. The Morgan fingerprint density at radius 2 is 0.588 bits per heavy atom. The third kappa shape index (κ3) is 8.78. The molecule has 0 aliphatic heterocycles. The van der Waals surface area contributed by atoms with Crippen LogP contribution in [-0.4, -0.2) is 9.13 Å². The van der Waals surface area contributed by atoms with E-state index >= 15 is 0 Å². The van der Waals surface area contributed by atoms with Gasteiger partial charge >= 0.3 is 0 Å². The lowest BCUT2D eigenvalue weighted by atomic mass is 9.82. The van der Waals surface area contributed by atoms with Gasteiger partial charge in [-0.15, -0.1) is 0 Å². The number of furan rings is 2. The second-order valence-corrected chi connectivity index (χ2v) is 31.7. The molecule has 4 aromatic heterocycles. The summed E-state index contributed by atoms with van der Waals surface area (Å²) in [6, 6.07) is 105. The highest BCUT2D eigenvalue weighted by Crippen LogP contribution is 2.55. The Kier molecular flexibility index (Phi) is 12.6. The number of para-hydroxylation sites is 2. The monoisotopic (exact) mass is 1320 g/mol. The molecular weight excluding hydrogens is 1240 g/mol. The molecule has 0 bridgehead atoms. The first-order chi connectivity index (χ1) is 49.3. The lowest BCUT2D eigenvalue weighted by Crippen LogP contribution is -2.16. The predicted molar refractivity (Wildman–Crippen MR) is 429 cm³/mol. The van der Waals surface area contributed by atoms with E-state index in [0.717, 1.165) is 111 Å². The maximum Gasteiger partial charge on any atom is 0.137 e. The molecule has 6 nitrogen and oxygen atoms in total. The second kappa shape index (κ2) is 21.3. The van der Waals surface area contributed by atoms with Gasteiger partial charge in [0.15, 0.2) is 0 Å². The number of hydrogen-bond acceptors (Lipinski definition) is 4. The van der Waals surface area contributed by atoms with E-state index in [0.29, 0.717) is 0 Å². The quantitative estimate of drug-likeness (QED) is 0.152. The summed E-state index contributed by atoms with van der Waals surface area (Å²) in [7, 11) is 0. The van der Waals surface area contributed by atoms with Crippen LogP contribution in [0.4, 0.5) is 34.1 Å². The van der Waals surface area contributed by atoms with Gasteiger partial charge in [-0.2, -0.15) is 0 Å². The zero-order valence-electron chi connectivity index (χ0n) is 59.2. The van der Waals surface area contributed by atoms with E-state index in [2.05, 4.69) is 367 Å². The summed E-state index contributed by atoms with van der Waals surface area (Å²) in [4.78, 5) is 4.88. The fraction of sp³-hybridized carbons (Fsp3) is 0.146. The van der Waals surface area contributed by atoms with Crippen LogP contribution in [-0.2, 0) is 21.7 Å². The molecule has 0 radical (unpaired) electrons. The highest BCUT2D eigenvalue weighted by molar-refractivity contribution is 6.30. The van der Waals surface area contributed by atoms with Crippen LogP contribution in [0.15, 0.2) is 288 Å². The summed E-state index contributed by atoms with van der Waals surface area (Å²) in [6.07, 6.45) is 0. The summed E-state index contributed by atoms with van der Waals surface area (Å²) < 4.78 is 18.4. The van der Waals surface area contributed by atoms with Crippen molar-refractivity contribution in [3.63, 3.8) is 0 Å². The van der Waals surface area contributed by atoms with E-state index in [4.69, 9.17) is 8.83 Å². The van der Waals surface area contributed by atoms with Gasteiger partial charge in [0.05, 0.1) is 22.1 Å². The fourth-order valence-electron chi connectivity index (χ4n) is 17.7. The van der Waals surface area contributed by atoms with Gasteiger partial charge in [-0.25, -0.2) is 0 Å². The summed E-state index contributed by atoms with van der Waals surface area (Å²) in [6.45, 7) is 23.2. The van der Waals surface area contributed by atoms with Crippen molar-refractivity contribution in [1.29, 1.82) is 0 Å². The standard InChI is InChI=1S/C96H76N4O2/c1-93(2,3)57-27-31-59(32-28-57)99-83-49-47-76-75(91(83)77-45-39-63(53-85(77)99)97(65-37-43-73-71-21-13-17-25-87(71)101-89(73)55-65)61-35-41-69-67-19-11-15-23-79(67)95(7,8)81(69)51-61)48-50-84-92(76)78-46-40-64(54-86(78)100(84)60-33-29-58(30-34-60)94(4,5)6)98(66-38-44-74-72-22-14-18-26-88(72)102-90(74)56-66)62-36-42-70-68-20-12-16-24-80(68)96(9,10)82(70)52-62/h11-56H,1-10H3. The first-order valence-corrected chi connectivity index (χ1v) is 36.0. The third-order valence-corrected chi connectivity index (χ3v) is 23.0. The van der Waals surface area contributed by atoms with Crippen molar-refractivity contribution in [3.05, 3.63) is 312 Å². The molecule has 0 amide bonds. The minimum atomic E-state index is -0.204. The smallest absolute Gasteiger partial charge is 0.137 e. The maximum atomic E-state index is 6.69. The average Bonchev–Trinajstić information content (AvgIpc) is 1.60. The molecular formula is C96H76N4O2. The predicted octanol–water partition coefficient (Wildman–Crippen LogP) is 27.0. The van der Waals surface area contributed by atoms with Crippen molar-refractivity contribution in [2.24, 2.45) is 0 Å². The Morgan fingerprint density at radius 3 is 1.00 bits per heavy atom.